The Kier molecular flexibility index (Phi) is 4.49. The largest absolute Gasteiger partial charge is 0.335 e. The number of benzene rings is 1. The molecule has 0 aromatic heterocycles. The van der Waals surface area contributed by atoms with Gasteiger partial charge in [-0.2, -0.15) is 5.26 Å². The zero-order valence-corrected chi connectivity index (χ0v) is 12.4. The number of hydrogen-bond acceptors (Lipinski definition) is 4. The van der Waals surface area contributed by atoms with E-state index >= 15 is 0 Å². The predicted octanol–water partition coefficient (Wildman–Crippen LogP) is 3.80. The first-order valence-electron chi connectivity index (χ1n) is 6.57. The van der Waals surface area contributed by atoms with Crippen molar-refractivity contribution in [2.24, 2.45) is 10.9 Å². The summed E-state index contributed by atoms with van der Waals surface area (Å²) in [6.07, 6.45) is 1.13. The number of anilines is 1. The quantitative estimate of drug-likeness (QED) is 0.911. The van der Waals surface area contributed by atoms with Crippen molar-refractivity contribution in [1.29, 1.82) is 5.26 Å². The van der Waals surface area contributed by atoms with E-state index in [-0.39, 0.29) is 0 Å². The van der Waals surface area contributed by atoms with E-state index in [4.69, 9.17) is 10.3 Å². The summed E-state index contributed by atoms with van der Waals surface area (Å²) in [6, 6.07) is 8.28. The summed E-state index contributed by atoms with van der Waals surface area (Å²) < 4.78 is 0. The lowest BCUT2D eigenvalue weighted by Gasteiger charge is -2.09. The number of aliphatic imine (C=N–C) groups is 1. The van der Waals surface area contributed by atoms with Crippen LogP contribution in [-0.4, -0.2) is 17.0 Å². The zero-order valence-electron chi connectivity index (χ0n) is 11.6. The highest BCUT2D eigenvalue weighted by atomic mass is 32.2. The molecule has 0 bridgehead atoms. The third-order valence-corrected chi connectivity index (χ3v) is 4.10. The van der Waals surface area contributed by atoms with Crippen molar-refractivity contribution in [1.82, 2.24) is 0 Å². The summed E-state index contributed by atoms with van der Waals surface area (Å²) in [7, 11) is 0. The minimum Gasteiger partial charge on any atom is -0.335 e. The van der Waals surface area contributed by atoms with Gasteiger partial charge in [0.25, 0.3) is 0 Å². The van der Waals surface area contributed by atoms with Crippen LogP contribution in [0, 0.1) is 24.2 Å². The maximum absolute atomic E-state index is 8.94. The van der Waals surface area contributed by atoms with Gasteiger partial charge in [-0.05, 0) is 37.0 Å². The molecule has 0 spiro atoms. The van der Waals surface area contributed by atoms with Crippen LogP contribution < -0.4 is 5.32 Å². The fraction of sp³-hybridized carbons (Fsp3) is 0.467. The number of aryl methyl sites for hydroxylation is 1. The van der Waals surface area contributed by atoms with Crippen LogP contribution in [0.25, 0.3) is 0 Å². The molecule has 0 amide bonds. The van der Waals surface area contributed by atoms with E-state index in [1.807, 2.05) is 25.1 Å². The third-order valence-electron chi connectivity index (χ3n) is 3.06. The third kappa shape index (κ3) is 3.74. The first-order chi connectivity index (χ1) is 9.08. The molecule has 1 aromatic carbocycles. The van der Waals surface area contributed by atoms with E-state index in [0.717, 1.165) is 28.6 Å². The Bertz CT molecular complexity index is 529. The van der Waals surface area contributed by atoms with Crippen LogP contribution in [0.3, 0.4) is 0 Å². The van der Waals surface area contributed by atoms with Crippen molar-refractivity contribution in [2.45, 2.75) is 33.2 Å². The second kappa shape index (κ2) is 6.12. The van der Waals surface area contributed by atoms with E-state index < -0.39 is 0 Å². The van der Waals surface area contributed by atoms with Crippen molar-refractivity contribution >= 4 is 22.6 Å². The molecule has 0 saturated heterocycles. The predicted molar refractivity (Wildman–Crippen MR) is 82.7 cm³/mol. The van der Waals surface area contributed by atoms with Crippen LogP contribution in [0.1, 0.15) is 31.4 Å². The first-order valence-corrected chi connectivity index (χ1v) is 7.55. The van der Waals surface area contributed by atoms with Crippen molar-refractivity contribution < 1.29 is 0 Å². The monoisotopic (exact) mass is 273 g/mol. The fourth-order valence-electron chi connectivity index (χ4n) is 2.09. The Morgan fingerprint density at radius 1 is 1.53 bits per heavy atom. The van der Waals surface area contributed by atoms with Crippen LogP contribution >= 0.6 is 11.8 Å². The molecule has 1 unspecified atom stereocenters. The van der Waals surface area contributed by atoms with Crippen molar-refractivity contribution in [3.05, 3.63) is 29.3 Å². The van der Waals surface area contributed by atoms with Crippen molar-refractivity contribution in [3.63, 3.8) is 0 Å². The molecule has 1 aliphatic heterocycles. The van der Waals surface area contributed by atoms with Crippen molar-refractivity contribution in [3.8, 4) is 6.07 Å². The standard InChI is InChI=1S/C15H19N3S/c1-10(2)6-13-9-19-15(17-13)18-14-7-12(8-16)5-4-11(14)3/h4-5,7,10,13H,6,9H2,1-3H3,(H,17,18). The fourth-order valence-corrected chi connectivity index (χ4v) is 3.06. The number of hydrogen-bond donors (Lipinski definition) is 1. The highest BCUT2D eigenvalue weighted by molar-refractivity contribution is 8.14. The Hall–Kier alpha value is -1.47. The smallest absolute Gasteiger partial charge is 0.161 e. The number of nitrogens with zero attached hydrogens (tertiary/aromatic N) is 2. The van der Waals surface area contributed by atoms with Gasteiger partial charge in [-0.15, -0.1) is 0 Å². The lowest BCUT2D eigenvalue weighted by Crippen LogP contribution is -2.08. The SMILES string of the molecule is Cc1ccc(C#N)cc1NC1=NC(CC(C)C)CS1. The molecule has 1 aromatic rings. The molecule has 19 heavy (non-hydrogen) atoms. The van der Waals surface area contributed by atoms with Gasteiger partial charge in [0, 0.05) is 11.4 Å². The first kappa shape index (κ1) is 14.0. The van der Waals surface area contributed by atoms with Gasteiger partial charge < -0.3 is 5.32 Å². The second-order valence-corrected chi connectivity index (χ2v) is 6.30. The second-order valence-electron chi connectivity index (χ2n) is 5.30. The highest BCUT2D eigenvalue weighted by Gasteiger charge is 2.19. The molecule has 1 aliphatic rings. The van der Waals surface area contributed by atoms with Gasteiger partial charge in [-0.25, -0.2) is 0 Å². The van der Waals surface area contributed by atoms with Crippen LogP contribution in [0.5, 0.6) is 0 Å². The summed E-state index contributed by atoms with van der Waals surface area (Å²) in [5.74, 6) is 1.73. The summed E-state index contributed by atoms with van der Waals surface area (Å²) in [4.78, 5) is 4.71. The lowest BCUT2D eigenvalue weighted by atomic mass is 10.1. The number of rotatable bonds is 3. The average Bonchev–Trinajstić information content (AvgIpc) is 2.78. The normalized spacial score (nSPS) is 18.3. The molecule has 0 saturated carbocycles. The zero-order chi connectivity index (χ0) is 13.8. The molecule has 0 aliphatic carbocycles. The number of nitrogens with one attached hydrogen (secondary N) is 1. The molecular formula is C15H19N3S. The van der Waals surface area contributed by atoms with Gasteiger partial charge in [0.1, 0.15) is 0 Å². The maximum atomic E-state index is 8.94. The minimum atomic E-state index is 0.423. The number of nitriles is 1. The number of thioether (sulfide) groups is 1. The van der Waals surface area contributed by atoms with Gasteiger partial charge in [0.15, 0.2) is 5.17 Å². The molecule has 3 nitrogen and oxygen atoms in total. The molecule has 1 N–H and O–H groups in total. The van der Waals surface area contributed by atoms with Crippen LogP contribution in [0.15, 0.2) is 23.2 Å². The van der Waals surface area contributed by atoms with Crippen molar-refractivity contribution in [2.75, 3.05) is 11.1 Å². The van der Waals surface area contributed by atoms with Gasteiger partial charge in [0.2, 0.25) is 0 Å². The van der Waals surface area contributed by atoms with Gasteiger partial charge in [-0.3, -0.25) is 4.99 Å². The molecule has 2 rings (SSSR count). The Labute approximate surface area is 119 Å². The lowest BCUT2D eigenvalue weighted by molar-refractivity contribution is 0.529. The molecular weight excluding hydrogens is 254 g/mol. The molecule has 100 valence electrons. The summed E-state index contributed by atoms with van der Waals surface area (Å²) in [6.45, 7) is 6.49. The summed E-state index contributed by atoms with van der Waals surface area (Å²) >= 11 is 1.77. The summed E-state index contributed by atoms with van der Waals surface area (Å²) in [5, 5.41) is 13.3. The van der Waals surface area contributed by atoms with Crippen LogP contribution in [0.4, 0.5) is 5.69 Å². The van der Waals surface area contributed by atoms with E-state index in [2.05, 4.69) is 25.2 Å². The minimum absolute atomic E-state index is 0.423. The highest BCUT2D eigenvalue weighted by Crippen LogP contribution is 2.25. The molecule has 1 atom stereocenters. The van der Waals surface area contributed by atoms with Crippen LogP contribution in [-0.2, 0) is 0 Å². The van der Waals surface area contributed by atoms with E-state index in [1.165, 1.54) is 0 Å². The van der Waals surface area contributed by atoms with Gasteiger partial charge in [0.05, 0.1) is 17.7 Å². The van der Waals surface area contributed by atoms with E-state index in [9.17, 15) is 0 Å². The van der Waals surface area contributed by atoms with Gasteiger partial charge in [-0.1, -0.05) is 31.7 Å². The Balaban J connectivity index is 2.08. The topological polar surface area (TPSA) is 48.2 Å². The molecule has 0 fully saturated rings. The van der Waals surface area contributed by atoms with Gasteiger partial charge >= 0.3 is 0 Å². The molecule has 4 heteroatoms. The van der Waals surface area contributed by atoms with E-state index in [0.29, 0.717) is 17.5 Å². The Morgan fingerprint density at radius 2 is 2.32 bits per heavy atom. The number of amidine groups is 1. The molecule has 0 radical (unpaired) electrons. The maximum Gasteiger partial charge on any atom is 0.161 e. The van der Waals surface area contributed by atoms with E-state index in [1.54, 1.807) is 11.8 Å². The molecule has 1 heterocycles. The van der Waals surface area contributed by atoms with Crippen LogP contribution in [0.2, 0.25) is 0 Å². The Morgan fingerprint density at radius 3 is 3.00 bits per heavy atom. The average molecular weight is 273 g/mol. The summed E-state index contributed by atoms with van der Waals surface area (Å²) in [5.41, 5.74) is 2.79.